The van der Waals surface area contributed by atoms with Gasteiger partial charge in [0.05, 0.1) is 0 Å². The van der Waals surface area contributed by atoms with Crippen molar-refractivity contribution in [3.05, 3.63) is 88.7 Å². The Bertz CT molecular complexity index is 1210. The van der Waals surface area contributed by atoms with Gasteiger partial charge in [-0.05, 0) is 34.0 Å². The number of aldehydes is 1. The van der Waals surface area contributed by atoms with E-state index in [4.69, 9.17) is 4.74 Å². The van der Waals surface area contributed by atoms with Crippen LogP contribution in [0.2, 0.25) is 0 Å². The lowest BCUT2D eigenvalue weighted by molar-refractivity contribution is -0.107. The molecule has 0 fully saturated rings. The second-order valence-corrected chi connectivity index (χ2v) is 7.05. The summed E-state index contributed by atoms with van der Waals surface area (Å²) >= 11 is 0. The number of aliphatic hydroxyl groups is 1. The molecule has 9 heteroatoms. The normalized spacial score (nSPS) is 11.8. The third-order valence-electron chi connectivity index (χ3n) is 4.96. The molecule has 0 amide bonds. The lowest BCUT2D eigenvalue weighted by Gasteiger charge is -2.14. The number of H-pyrrole nitrogens is 1. The number of aromatic nitrogens is 4. The van der Waals surface area contributed by atoms with E-state index in [1.807, 2.05) is 6.07 Å². The molecule has 1 atom stereocenters. The van der Waals surface area contributed by atoms with Crippen LogP contribution >= 0.6 is 0 Å². The average Bonchev–Trinajstić information content (AvgIpc) is 3.37. The average molecular weight is 434 g/mol. The van der Waals surface area contributed by atoms with E-state index >= 15 is 0 Å². The molecule has 1 aromatic heterocycles. The zero-order valence-corrected chi connectivity index (χ0v) is 16.8. The van der Waals surface area contributed by atoms with Crippen LogP contribution in [0.1, 0.15) is 28.4 Å². The Balaban J connectivity index is 1.44. The van der Waals surface area contributed by atoms with Crippen LogP contribution in [-0.2, 0) is 17.8 Å². The van der Waals surface area contributed by atoms with E-state index < -0.39 is 17.7 Å². The van der Waals surface area contributed by atoms with Crippen molar-refractivity contribution in [3.8, 4) is 22.9 Å². The topological polar surface area (TPSA) is 121 Å². The van der Waals surface area contributed by atoms with E-state index in [-0.39, 0.29) is 24.3 Å². The number of carbonyl (C=O) groups is 1. The highest BCUT2D eigenvalue weighted by atomic mass is 19.1. The van der Waals surface area contributed by atoms with Crippen LogP contribution in [0.15, 0.2) is 60.7 Å². The van der Waals surface area contributed by atoms with Gasteiger partial charge in [0.25, 0.3) is 0 Å². The van der Waals surface area contributed by atoms with Gasteiger partial charge < -0.3 is 19.7 Å². The van der Waals surface area contributed by atoms with Crippen LogP contribution in [0.4, 0.5) is 4.39 Å². The minimum Gasteiger partial charge on any atom is -0.505 e. The first-order chi connectivity index (χ1) is 15.6. The minimum absolute atomic E-state index is 0.0626. The molecule has 4 rings (SSSR count). The molecule has 32 heavy (non-hydrogen) atoms. The number of ether oxygens (including phenoxy) is 1. The first-order valence-corrected chi connectivity index (χ1v) is 9.74. The molecule has 0 spiro atoms. The van der Waals surface area contributed by atoms with Crippen molar-refractivity contribution in [2.45, 2.75) is 19.1 Å². The number of aliphatic hydroxyl groups excluding tert-OH is 1. The molecule has 8 nitrogen and oxygen atoms in total. The Morgan fingerprint density at radius 1 is 1.09 bits per heavy atom. The van der Waals surface area contributed by atoms with Crippen LogP contribution in [0, 0.1) is 5.82 Å². The van der Waals surface area contributed by atoms with Crippen molar-refractivity contribution in [2.24, 2.45) is 0 Å². The first-order valence-electron chi connectivity index (χ1n) is 9.74. The highest BCUT2D eigenvalue weighted by molar-refractivity contribution is 5.58. The SMILES string of the molecule is O=CCc1ccc(OCc2ccc(C(O)c3cccc(-c4nn[nH]n4)c3)cc2)c(F)c1O. The number of phenols is 1. The molecular formula is C23H19FN4O4. The summed E-state index contributed by atoms with van der Waals surface area (Å²) in [6, 6.07) is 17.1. The second-order valence-electron chi connectivity index (χ2n) is 7.05. The molecule has 3 N–H and O–H groups in total. The van der Waals surface area contributed by atoms with Gasteiger partial charge in [0.15, 0.2) is 11.5 Å². The molecule has 3 aromatic carbocycles. The van der Waals surface area contributed by atoms with Gasteiger partial charge in [0.2, 0.25) is 11.6 Å². The predicted molar refractivity (Wildman–Crippen MR) is 112 cm³/mol. The van der Waals surface area contributed by atoms with Crippen LogP contribution in [0.25, 0.3) is 11.4 Å². The van der Waals surface area contributed by atoms with Gasteiger partial charge in [-0.3, -0.25) is 0 Å². The lowest BCUT2D eigenvalue weighted by Crippen LogP contribution is -2.02. The quantitative estimate of drug-likeness (QED) is 0.364. The van der Waals surface area contributed by atoms with Gasteiger partial charge >= 0.3 is 0 Å². The standard InChI is InChI=1S/C23H19FN4O4/c24-20-19(9-8-16(10-11-29)22(20)31)32-13-14-4-6-15(7-5-14)21(30)17-2-1-3-18(12-17)23-25-27-28-26-23/h1-9,11-12,21,30-31H,10,13H2,(H,25,26,27,28). The van der Waals surface area contributed by atoms with Crippen molar-refractivity contribution >= 4 is 6.29 Å². The van der Waals surface area contributed by atoms with E-state index in [0.29, 0.717) is 23.2 Å². The van der Waals surface area contributed by atoms with Crippen molar-refractivity contribution in [1.82, 2.24) is 20.6 Å². The summed E-state index contributed by atoms with van der Waals surface area (Å²) in [4.78, 5) is 10.6. The Hall–Kier alpha value is -4.11. The second kappa shape index (κ2) is 9.36. The van der Waals surface area contributed by atoms with Crippen molar-refractivity contribution < 1.29 is 24.1 Å². The number of halogens is 1. The van der Waals surface area contributed by atoms with Gasteiger partial charge in [0.1, 0.15) is 19.0 Å². The van der Waals surface area contributed by atoms with Crippen LogP contribution in [0.3, 0.4) is 0 Å². The number of hydrogen-bond acceptors (Lipinski definition) is 7. The maximum atomic E-state index is 14.2. The largest absolute Gasteiger partial charge is 0.505 e. The van der Waals surface area contributed by atoms with Crippen molar-refractivity contribution in [2.75, 3.05) is 0 Å². The summed E-state index contributed by atoms with van der Waals surface area (Å²) in [5, 5.41) is 34.4. The number of benzene rings is 3. The fourth-order valence-corrected chi connectivity index (χ4v) is 3.23. The molecule has 0 aliphatic rings. The van der Waals surface area contributed by atoms with Gasteiger partial charge in [0, 0.05) is 17.5 Å². The molecule has 1 unspecified atom stereocenters. The molecule has 0 radical (unpaired) electrons. The number of carbonyl (C=O) groups excluding carboxylic acids is 1. The molecule has 0 aliphatic carbocycles. The minimum atomic E-state index is -0.905. The molecule has 0 bridgehead atoms. The Labute approximate surface area is 182 Å². The number of rotatable bonds is 8. The number of phenolic OH excluding ortho intramolecular Hbond substituents is 1. The van der Waals surface area contributed by atoms with Crippen molar-refractivity contribution in [1.29, 1.82) is 0 Å². The highest BCUT2D eigenvalue weighted by Gasteiger charge is 2.15. The van der Waals surface area contributed by atoms with Gasteiger partial charge in [-0.2, -0.15) is 9.60 Å². The summed E-state index contributed by atoms with van der Waals surface area (Å²) < 4.78 is 19.7. The molecule has 0 saturated heterocycles. The van der Waals surface area contributed by atoms with E-state index in [0.717, 1.165) is 11.1 Å². The number of tetrazole rings is 1. The molecule has 162 valence electrons. The predicted octanol–water partition coefficient (Wildman–Crippen LogP) is 3.11. The molecule has 4 aromatic rings. The third-order valence-corrected chi connectivity index (χ3v) is 4.96. The summed E-state index contributed by atoms with van der Waals surface area (Å²) in [7, 11) is 0. The van der Waals surface area contributed by atoms with E-state index in [1.54, 1.807) is 42.5 Å². The summed E-state index contributed by atoms with van der Waals surface area (Å²) in [5.41, 5.74) is 3.01. The monoisotopic (exact) mass is 434 g/mol. The third kappa shape index (κ3) is 4.47. The van der Waals surface area contributed by atoms with Crippen molar-refractivity contribution in [3.63, 3.8) is 0 Å². The number of aromatic amines is 1. The maximum Gasteiger partial charge on any atom is 0.206 e. The van der Waals surface area contributed by atoms with E-state index in [1.165, 1.54) is 12.1 Å². The summed E-state index contributed by atoms with van der Waals surface area (Å²) in [6.07, 6.45) is -0.353. The Morgan fingerprint density at radius 3 is 2.62 bits per heavy atom. The van der Waals surface area contributed by atoms with Crippen LogP contribution in [-0.4, -0.2) is 37.1 Å². The van der Waals surface area contributed by atoms with E-state index in [2.05, 4.69) is 20.6 Å². The zero-order chi connectivity index (χ0) is 22.5. The fourth-order valence-electron chi connectivity index (χ4n) is 3.23. The molecule has 0 aliphatic heterocycles. The molecule has 0 saturated carbocycles. The highest BCUT2D eigenvalue weighted by Crippen LogP contribution is 2.30. The Kier molecular flexibility index (Phi) is 6.18. The lowest BCUT2D eigenvalue weighted by atomic mass is 9.99. The van der Waals surface area contributed by atoms with Gasteiger partial charge in [-0.1, -0.05) is 48.5 Å². The van der Waals surface area contributed by atoms with Gasteiger partial charge in [-0.25, -0.2) is 0 Å². The van der Waals surface area contributed by atoms with Gasteiger partial charge in [-0.15, -0.1) is 10.2 Å². The van der Waals surface area contributed by atoms with E-state index in [9.17, 15) is 19.4 Å². The van der Waals surface area contributed by atoms with Crippen LogP contribution in [0.5, 0.6) is 11.5 Å². The number of nitrogens with one attached hydrogen (secondary N) is 1. The number of nitrogens with zero attached hydrogens (tertiary/aromatic N) is 3. The summed E-state index contributed by atoms with van der Waals surface area (Å²) in [6.45, 7) is 0.0626. The molecule has 1 heterocycles. The number of aromatic hydroxyl groups is 1. The summed E-state index contributed by atoms with van der Waals surface area (Å²) in [5.74, 6) is -1.17. The fraction of sp³-hybridized carbons (Fsp3) is 0.130. The Morgan fingerprint density at radius 2 is 1.91 bits per heavy atom. The number of hydrogen-bond donors (Lipinski definition) is 3. The molecular weight excluding hydrogens is 415 g/mol. The van der Waals surface area contributed by atoms with Crippen LogP contribution < -0.4 is 4.74 Å². The zero-order valence-electron chi connectivity index (χ0n) is 16.8. The first kappa shape index (κ1) is 21.1. The maximum absolute atomic E-state index is 14.2. The smallest absolute Gasteiger partial charge is 0.206 e.